The zero-order valence-electron chi connectivity index (χ0n) is 8.01. The average molecular weight is 224 g/mol. The van der Waals surface area contributed by atoms with Crippen molar-refractivity contribution in [1.29, 1.82) is 0 Å². The van der Waals surface area contributed by atoms with Crippen molar-refractivity contribution < 1.29 is 14.7 Å². The molecule has 1 aromatic carbocycles. The zero-order chi connectivity index (χ0) is 11.0. The number of benzene rings is 1. The summed E-state index contributed by atoms with van der Waals surface area (Å²) in [5.41, 5.74) is 0.847. The third kappa shape index (κ3) is 1.46. The average Bonchev–Trinajstić information content (AvgIpc) is 2.52. The summed E-state index contributed by atoms with van der Waals surface area (Å²) >= 11 is 0. The first-order chi connectivity index (χ1) is 7.16. The molecule has 2 unspecified atom stereocenters. The van der Waals surface area contributed by atoms with E-state index in [2.05, 4.69) is 0 Å². The normalized spacial score (nSPS) is 17.0. The minimum absolute atomic E-state index is 0.204. The first kappa shape index (κ1) is 10.3. The molecule has 0 bridgehead atoms. The molecule has 2 atom stereocenters. The molecular weight excluding hydrogens is 213 g/mol. The molecule has 78 valence electrons. The lowest BCUT2D eigenvalue weighted by Crippen LogP contribution is -2.38. The number of carbonyl (C=O) groups is 2. The van der Waals surface area contributed by atoms with Crippen LogP contribution in [0.4, 0.5) is 0 Å². The molecular formula is C10H11NO3P+. The molecule has 1 aliphatic heterocycles. The van der Waals surface area contributed by atoms with Crippen LogP contribution in [0.5, 0.6) is 0 Å². The number of fused-ring (bicyclic) bond motifs is 1. The van der Waals surface area contributed by atoms with Gasteiger partial charge >= 0.3 is 0 Å². The van der Waals surface area contributed by atoms with Gasteiger partial charge in [-0.3, -0.25) is 9.59 Å². The molecule has 0 radical (unpaired) electrons. The fourth-order valence-electron chi connectivity index (χ4n) is 1.62. The molecule has 1 heterocycles. The predicted octanol–water partition coefficient (Wildman–Crippen LogP) is 0.208. The maximum atomic E-state index is 11.8. The fourth-order valence-corrected chi connectivity index (χ4v) is 1.95. The number of hydrogen-bond donors (Lipinski definition) is 1. The van der Waals surface area contributed by atoms with Crippen molar-refractivity contribution in [1.82, 2.24) is 4.90 Å². The van der Waals surface area contributed by atoms with Crippen LogP contribution in [0.1, 0.15) is 20.7 Å². The van der Waals surface area contributed by atoms with E-state index in [1.54, 1.807) is 24.3 Å². The van der Waals surface area contributed by atoms with Crippen molar-refractivity contribution in [2.45, 2.75) is 5.78 Å². The van der Waals surface area contributed by atoms with E-state index in [4.69, 9.17) is 5.11 Å². The molecule has 0 aromatic heterocycles. The van der Waals surface area contributed by atoms with Crippen molar-refractivity contribution >= 4 is 21.1 Å². The van der Waals surface area contributed by atoms with Gasteiger partial charge in [0.25, 0.3) is 11.8 Å². The van der Waals surface area contributed by atoms with Crippen LogP contribution >= 0.6 is 9.24 Å². The highest BCUT2D eigenvalue weighted by Crippen LogP contribution is 2.25. The van der Waals surface area contributed by atoms with Crippen LogP contribution in [0.3, 0.4) is 0 Å². The summed E-state index contributed by atoms with van der Waals surface area (Å²) in [5, 5.41) is 8.97. The van der Waals surface area contributed by atoms with Gasteiger partial charge in [0, 0.05) is 9.24 Å². The van der Waals surface area contributed by atoms with Crippen LogP contribution in [-0.2, 0) is 0 Å². The van der Waals surface area contributed by atoms with Crippen LogP contribution in [0.25, 0.3) is 0 Å². The molecule has 0 spiro atoms. The minimum atomic E-state index is -0.447. The highest BCUT2D eigenvalue weighted by Gasteiger charge is 2.39. The Balaban J connectivity index is 2.45. The van der Waals surface area contributed by atoms with Gasteiger partial charge in [0.1, 0.15) is 0 Å². The molecule has 1 N–H and O–H groups in total. The number of carbonyl (C=O) groups excluding carboxylic acids is 2. The van der Waals surface area contributed by atoms with Crippen molar-refractivity contribution in [2.24, 2.45) is 0 Å². The van der Waals surface area contributed by atoms with Crippen LogP contribution < -0.4 is 0 Å². The molecule has 5 heteroatoms. The van der Waals surface area contributed by atoms with Crippen LogP contribution in [0, 0.1) is 0 Å². The number of rotatable bonds is 2. The Labute approximate surface area is 89.1 Å². The third-order valence-electron chi connectivity index (χ3n) is 2.40. The van der Waals surface area contributed by atoms with Crippen molar-refractivity contribution in [3.05, 3.63) is 35.4 Å². The number of hydrogen-bond acceptors (Lipinski definition) is 3. The van der Waals surface area contributed by atoms with Crippen LogP contribution in [-0.4, -0.2) is 34.2 Å². The molecule has 15 heavy (non-hydrogen) atoms. The summed E-state index contributed by atoms with van der Waals surface area (Å²) in [4.78, 5) is 24.7. The number of amides is 2. The van der Waals surface area contributed by atoms with E-state index >= 15 is 0 Å². The monoisotopic (exact) mass is 224 g/mol. The maximum Gasteiger partial charge on any atom is 0.264 e. The van der Waals surface area contributed by atoms with Gasteiger partial charge in [0.15, 0.2) is 5.78 Å². The van der Waals surface area contributed by atoms with Gasteiger partial charge in [0.2, 0.25) is 0 Å². The summed E-state index contributed by atoms with van der Waals surface area (Å²) in [6.07, 6.45) is 0. The van der Waals surface area contributed by atoms with Crippen molar-refractivity contribution in [2.75, 3.05) is 6.61 Å². The zero-order valence-corrected chi connectivity index (χ0v) is 9.43. The van der Waals surface area contributed by atoms with Gasteiger partial charge in [0.05, 0.1) is 17.7 Å². The SMILES string of the molecule is O=C1c2ccccc2C(=O)N1C([PH3+])CO. The van der Waals surface area contributed by atoms with Gasteiger partial charge < -0.3 is 5.11 Å². The Morgan fingerprint density at radius 1 is 1.20 bits per heavy atom. The molecule has 0 saturated carbocycles. The largest absolute Gasteiger partial charge is 0.390 e. The topological polar surface area (TPSA) is 57.6 Å². The van der Waals surface area contributed by atoms with Crippen molar-refractivity contribution in [3.63, 3.8) is 0 Å². The third-order valence-corrected chi connectivity index (χ3v) is 3.02. The van der Waals surface area contributed by atoms with E-state index < -0.39 is 5.78 Å². The Kier molecular flexibility index (Phi) is 2.55. The highest BCUT2D eigenvalue weighted by molar-refractivity contribution is 7.17. The second kappa shape index (κ2) is 3.72. The molecule has 0 fully saturated rings. The van der Waals surface area contributed by atoms with Gasteiger partial charge in [-0.1, -0.05) is 12.1 Å². The lowest BCUT2D eigenvalue weighted by Gasteiger charge is -2.15. The predicted molar refractivity (Wildman–Crippen MR) is 58.9 cm³/mol. The summed E-state index contributed by atoms with van der Waals surface area (Å²) in [6.45, 7) is -0.204. The van der Waals surface area contributed by atoms with Gasteiger partial charge in [-0.15, -0.1) is 0 Å². The molecule has 2 rings (SSSR count). The van der Waals surface area contributed by atoms with E-state index in [0.29, 0.717) is 11.1 Å². The molecule has 2 amide bonds. The quantitative estimate of drug-likeness (QED) is 0.577. The lowest BCUT2D eigenvalue weighted by molar-refractivity contribution is 0.0597. The number of aliphatic hydroxyl groups is 1. The Hall–Kier alpha value is -1.25. The second-order valence-corrected chi connectivity index (χ2v) is 4.30. The van der Waals surface area contributed by atoms with Crippen LogP contribution in [0.2, 0.25) is 0 Å². The molecule has 4 nitrogen and oxygen atoms in total. The Morgan fingerprint density at radius 3 is 2.07 bits per heavy atom. The molecule has 1 aliphatic rings. The molecule has 1 aromatic rings. The minimum Gasteiger partial charge on any atom is -0.390 e. The Morgan fingerprint density at radius 2 is 1.67 bits per heavy atom. The van der Waals surface area contributed by atoms with E-state index in [9.17, 15) is 9.59 Å². The number of aliphatic hydroxyl groups excluding tert-OH is 1. The van der Waals surface area contributed by atoms with Crippen molar-refractivity contribution in [3.8, 4) is 0 Å². The smallest absolute Gasteiger partial charge is 0.264 e. The van der Waals surface area contributed by atoms with Crippen LogP contribution in [0.15, 0.2) is 24.3 Å². The standard InChI is InChI=1S/C10H10NO3P/c12-5-8(15)11-9(13)6-3-1-2-4-7(6)10(11)14/h1-4,8,12H,5,15H2/p+1. The lowest BCUT2D eigenvalue weighted by atomic mass is 10.1. The Bertz CT molecular complexity index is 397. The van der Waals surface area contributed by atoms with Gasteiger partial charge in [-0.05, 0) is 12.1 Å². The summed E-state index contributed by atoms with van der Waals surface area (Å²) < 4.78 is 0. The number of nitrogens with zero attached hydrogens (tertiary/aromatic N) is 1. The second-order valence-electron chi connectivity index (χ2n) is 3.36. The fraction of sp³-hybridized carbons (Fsp3) is 0.200. The number of imide groups is 1. The summed E-state index contributed by atoms with van der Waals surface area (Å²) in [6, 6.07) is 6.70. The van der Waals surface area contributed by atoms with Gasteiger partial charge in [-0.25, -0.2) is 4.90 Å². The maximum absolute atomic E-state index is 11.8. The first-order valence-corrected chi connectivity index (χ1v) is 5.39. The summed E-state index contributed by atoms with van der Waals surface area (Å²) in [7, 11) is 1.43. The van der Waals surface area contributed by atoms with Gasteiger partial charge in [-0.2, -0.15) is 0 Å². The molecule has 0 saturated heterocycles. The highest BCUT2D eigenvalue weighted by atomic mass is 31.0. The van der Waals surface area contributed by atoms with E-state index in [0.717, 1.165) is 4.90 Å². The first-order valence-electron chi connectivity index (χ1n) is 4.57. The van der Waals surface area contributed by atoms with E-state index in [-0.39, 0.29) is 18.4 Å². The van der Waals surface area contributed by atoms with E-state index in [1.165, 1.54) is 9.24 Å². The van der Waals surface area contributed by atoms with E-state index in [1.807, 2.05) is 0 Å². The summed E-state index contributed by atoms with van der Waals surface area (Å²) in [5.74, 6) is -1.08. The molecule has 0 aliphatic carbocycles.